The summed E-state index contributed by atoms with van der Waals surface area (Å²) in [6.07, 6.45) is 1.84. The van der Waals surface area contributed by atoms with E-state index >= 15 is 0 Å². The summed E-state index contributed by atoms with van der Waals surface area (Å²) in [4.78, 5) is 19.9. The Hall–Kier alpha value is -3.43. The quantitative estimate of drug-likeness (QED) is 0.230. The van der Waals surface area contributed by atoms with E-state index in [1.54, 1.807) is 12.2 Å². The third-order valence-corrected chi connectivity index (χ3v) is 8.19. The topological polar surface area (TPSA) is 135 Å². The van der Waals surface area contributed by atoms with Crippen molar-refractivity contribution >= 4 is 50.4 Å². The first kappa shape index (κ1) is 32.5. The molecule has 0 aromatic carbocycles. The van der Waals surface area contributed by atoms with Crippen LogP contribution in [0.4, 0.5) is 0 Å². The summed E-state index contributed by atoms with van der Waals surface area (Å²) in [6, 6.07) is 7.77. The minimum Gasteiger partial charge on any atom is -0.657 e. The molecule has 2 aliphatic rings. The number of rotatable bonds is 8. The van der Waals surface area contributed by atoms with Crippen LogP contribution >= 0.6 is 0 Å². The van der Waals surface area contributed by atoms with Gasteiger partial charge in [0, 0.05) is 38.5 Å². The van der Waals surface area contributed by atoms with Crippen molar-refractivity contribution in [1.29, 1.82) is 0 Å². The summed E-state index contributed by atoms with van der Waals surface area (Å²) in [7, 11) is 0. The van der Waals surface area contributed by atoms with E-state index < -0.39 is 12.6 Å². The number of aryl methyl sites for hydroxylation is 3. The minimum atomic E-state index is -1.45. The average Bonchev–Trinajstić information content (AvgIpc) is 3.59. The van der Waals surface area contributed by atoms with Gasteiger partial charge in [-0.1, -0.05) is 66.3 Å². The van der Waals surface area contributed by atoms with Crippen molar-refractivity contribution < 1.29 is 40.5 Å². The molecule has 4 N–H and O–H groups in total. The van der Waals surface area contributed by atoms with Gasteiger partial charge in [0.25, 0.3) is 0 Å². The van der Waals surface area contributed by atoms with Crippen LogP contribution in [0.2, 0.25) is 0 Å². The standard InChI is InChI=1S/C34H36N4O4.Ir/c1-7-21-17(3)25-13-26-19(5)23(9-11-33(39)40)31(37-26)16-32-24(10-12-34(41)42)20(6)28(38-32)15-30-22(8-2)18(4)27(36-30)14-29(21)35-25;/h7-8,13-16,33-34,39-42H,1-2,9-12H2,3-6H3;/q-2;. The van der Waals surface area contributed by atoms with Crippen LogP contribution in [0, 0.1) is 13.8 Å². The van der Waals surface area contributed by atoms with E-state index in [1.165, 1.54) is 0 Å². The summed E-state index contributed by atoms with van der Waals surface area (Å²) < 4.78 is 0. The Morgan fingerprint density at radius 3 is 1.86 bits per heavy atom. The predicted molar refractivity (Wildman–Crippen MR) is 168 cm³/mol. The Bertz CT molecular complexity index is 1830. The van der Waals surface area contributed by atoms with E-state index in [0.717, 1.165) is 78.2 Å². The fourth-order valence-electron chi connectivity index (χ4n) is 5.70. The molecule has 3 aromatic heterocycles. The molecule has 43 heavy (non-hydrogen) atoms. The first-order valence-electron chi connectivity index (χ1n) is 14.0. The second-order valence-electron chi connectivity index (χ2n) is 10.8. The van der Waals surface area contributed by atoms with Crippen LogP contribution in [0.25, 0.3) is 50.4 Å². The van der Waals surface area contributed by atoms with Crippen molar-refractivity contribution in [1.82, 2.24) is 19.9 Å². The number of aromatic nitrogens is 4. The van der Waals surface area contributed by atoms with Crippen LogP contribution in [-0.4, -0.2) is 43.0 Å². The summed E-state index contributed by atoms with van der Waals surface area (Å²) in [6.45, 7) is 16.0. The van der Waals surface area contributed by atoms with Gasteiger partial charge < -0.3 is 30.4 Å². The zero-order valence-corrected chi connectivity index (χ0v) is 27.2. The molecule has 8 bridgehead atoms. The Morgan fingerprint density at radius 1 is 0.674 bits per heavy atom. The van der Waals surface area contributed by atoms with Gasteiger partial charge in [0.05, 0.1) is 22.8 Å². The fourth-order valence-corrected chi connectivity index (χ4v) is 5.70. The SMILES string of the molecule is C=CC1=C(C)c2cc3[n-]c(cc4nc(cc5[n-]c(cc1n2)c(C)c5CCC(O)O)C(CCC(O)O)=C4C)c(C)c3C=C.[Ir]. The van der Waals surface area contributed by atoms with Crippen molar-refractivity contribution in [2.45, 2.75) is 66.0 Å². The van der Waals surface area contributed by atoms with E-state index in [-0.39, 0.29) is 32.9 Å². The Labute approximate surface area is 264 Å². The van der Waals surface area contributed by atoms with E-state index in [4.69, 9.17) is 19.9 Å². The summed E-state index contributed by atoms with van der Waals surface area (Å²) >= 11 is 0. The van der Waals surface area contributed by atoms with Crippen molar-refractivity contribution in [3.63, 3.8) is 0 Å². The van der Waals surface area contributed by atoms with Crippen LogP contribution in [0.15, 0.2) is 43.5 Å². The van der Waals surface area contributed by atoms with Gasteiger partial charge in [0.1, 0.15) is 0 Å². The molecule has 2 aliphatic heterocycles. The van der Waals surface area contributed by atoms with Crippen LogP contribution in [0.5, 0.6) is 0 Å². The van der Waals surface area contributed by atoms with Crippen LogP contribution in [0.3, 0.4) is 0 Å². The molecule has 0 fully saturated rings. The molecule has 5 rings (SSSR count). The van der Waals surface area contributed by atoms with E-state index in [2.05, 4.69) is 13.2 Å². The maximum atomic E-state index is 9.64. The molecule has 5 heterocycles. The molecule has 3 aromatic rings. The van der Waals surface area contributed by atoms with Gasteiger partial charge in [-0.15, -0.1) is 22.1 Å². The van der Waals surface area contributed by atoms with Crippen LogP contribution in [0.1, 0.15) is 78.1 Å². The molecular weight excluding hydrogens is 721 g/mol. The third-order valence-electron chi connectivity index (χ3n) is 8.19. The molecule has 227 valence electrons. The molecule has 0 saturated carbocycles. The van der Waals surface area contributed by atoms with Gasteiger partial charge in [-0.2, -0.15) is 0 Å². The Balaban J connectivity index is 0.00000423. The molecule has 0 saturated heterocycles. The van der Waals surface area contributed by atoms with E-state index in [9.17, 15) is 20.4 Å². The number of hydrogen-bond donors (Lipinski definition) is 4. The van der Waals surface area contributed by atoms with Crippen molar-refractivity contribution in [2.75, 3.05) is 0 Å². The summed E-state index contributed by atoms with van der Waals surface area (Å²) in [5.41, 5.74) is 13.3. The monoisotopic (exact) mass is 757 g/mol. The molecule has 9 heteroatoms. The van der Waals surface area contributed by atoms with Crippen molar-refractivity contribution in [3.05, 3.63) is 88.5 Å². The van der Waals surface area contributed by atoms with Gasteiger partial charge in [-0.05, 0) is 62.8 Å². The molecule has 1 radical (unpaired) electrons. The van der Waals surface area contributed by atoms with E-state index in [0.29, 0.717) is 24.1 Å². The largest absolute Gasteiger partial charge is 0.657 e. The number of hydrogen-bond acceptors (Lipinski definition) is 6. The number of nitrogens with zero attached hydrogens (tertiary/aromatic N) is 4. The normalized spacial score (nSPS) is 13.3. The fraction of sp³-hybridized carbons (Fsp3) is 0.294. The predicted octanol–water partition coefficient (Wildman–Crippen LogP) is 5.21. The molecule has 0 unspecified atom stereocenters. The van der Waals surface area contributed by atoms with Gasteiger partial charge >= 0.3 is 0 Å². The molecule has 0 atom stereocenters. The van der Waals surface area contributed by atoms with Gasteiger partial charge in [-0.3, -0.25) is 0 Å². The second-order valence-corrected chi connectivity index (χ2v) is 10.8. The Morgan fingerprint density at radius 2 is 1.21 bits per heavy atom. The van der Waals surface area contributed by atoms with E-state index in [1.807, 2.05) is 52.0 Å². The number of aliphatic hydroxyl groups is 4. The third kappa shape index (κ3) is 6.29. The second kappa shape index (κ2) is 13.1. The Kier molecular flexibility index (Phi) is 9.86. The number of fused-ring (bicyclic) bond motifs is 8. The molecule has 0 aliphatic carbocycles. The summed E-state index contributed by atoms with van der Waals surface area (Å²) in [5.74, 6) is 0. The summed E-state index contributed by atoms with van der Waals surface area (Å²) in [5, 5.41) is 38.6. The van der Waals surface area contributed by atoms with Crippen LogP contribution in [-0.2, 0) is 26.5 Å². The first-order chi connectivity index (χ1) is 20.0. The number of aliphatic hydroxyl groups excluding tert-OH is 2. The average molecular weight is 757 g/mol. The molecule has 8 nitrogen and oxygen atoms in total. The van der Waals surface area contributed by atoms with Gasteiger partial charge in [-0.25, -0.2) is 9.97 Å². The zero-order valence-electron chi connectivity index (χ0n) is 24.8. The van der Waals surface area contributed by atoms with Crippen molar-refractivity contribution in [2.24, 2.45) is 0 Å². The minimum absolute atomic E-state index is 0. The molecular formula is C34H36IrN4O4-2. The van der Waals surface area contributed by atoms with Gasteiger partial charge in [0.15, 0.2) is 12.6 Å². The molecule has 0 spiro atoms. The maximum absolute atomic E-state index is 9.64. The number of allylic oxidation sites excluding steroid dienone is 5. The zero-order chi connectivity index (χ0) is 30.3. The smallest absolute Gasteiger partial charge is 0.151 e. The van der Waals surface area contributed by atoms with Crippen molar-refractivity contribution in [3.8, 4) is 0 Å². The molecule has 0 amide bonds. The van der Waals surface area contributed by atoms with Gasteiger partial charge in [0.2, 0.25) is 0 Å². The van der Waals surface area contributed by atoms with Crippen LogP contribution < -0.4 is 9.97 Å². The maximum Gasteiger partial charge on any atom is 0.151 e. The first-order valence-corrected chi connectivity index (χ1v) is 14.0.